The summed E-state index contributed by atoms with van der Waals surface area (Å²) < 4.78 is 7.77. The van der Waals surface area contributed by atoms with Crippen LogP contribution in [-0.4, -0.2) is 22.1 Å². The number of nitrogens with one attached hydrogen (secondary N) is 1. The first kappa shape index (κ1) is 17.0. The normalized spacial score (nSPS) is 14.4. The number of hydrogen-bond acceptors (Lipinski definition) is 3. The molecule has 0 unspecified atom stereocenters. The topological polar surface area (TPSA) is 56.1 Å². The summed E-state index contributed by atoms with van der Waals surface area (Å²) in [5.41, 5.74) is 5.44. The number of carbonyl (C=O) groups is 1. The first-order chi connectivity index (χ1) is 13.7. The molecule has 0 fully saturated rings. The maximum atomic E-state index is 12.4. The van der Waals surface area contributed by atoms with Gasteiger partial charge in [-0.15, -0.1) is 0 Å². The number of fused-ring (bicyclic) bond motifs is 2. The summed E-state index contributed by atoms with van der Waals surface area (Å²) >= 11 is 0. The van der Waals surface area contributed by atoms with Gasteiger partial charge in [-0.2, -0.15) is 0 Å². The van der Waals surface area contributed by atoms with E-state index < -0.39 is 0 Å². The minimum Gasteiger partial charge on any atom is -0.493 e. The summed E-state index contributed by atoms with van der Waals surface area (Å²) in [6.07, 6.45) is 5.70. The van der Waals surface area contributed by atoms with Gasteiger partial charge in [-0.05, 0) is 35.2 Å². The Kier molecular flexibility index (Phi) is 4.35. The third-order valence-electron chi connectivity index (χ3n) is 5.49. The lowest BCUT2D eigenvalue weighted by Crippen LogP contribution is -2.24. The van der Waals surface area contributed by atoms with E-state index in [0.717, 1.165) is 54.1 Å². The minimum absolute atomic E-state index is 0.0326. The molecule has 2 aliphatic rings. The van der Waals surface area contributed by atoms with Crippen LogP contribution in [0.15, 0.2) is 48.7 Å². The van der Waals surface area contributed by atoms with E-state index in [4.69, 9.17) is 9.72 Å². The Morgan fingerprint density at radius 1 is 1.14 bits per heavy atom. The van der Waals surface area contributed by atoms with E-state index in [1.54, 1.807) is 0 Å². The molecule has 0 bridgehead atoms. The van der Waals surface area contributed by atoms with Crippen LogP contribution in [0.3, 0.4) is 0 Å². The van der Waals surface area contributed by atoms with Crippen LogP contribution >= 0.6 is 0 Å². The van der Waals surface area contributed by atoms with Gasteiger partial charge in [-0.25, -0.2) is 4.98 Å². The zero-order valence-electron chi connectivity index (χ0n) is 15.8. The van der Waals surface area contributed by atoms with E-state index in [1.165, 1.54) is 17.8 Å². The fraction of sp³-hybridized carbons (Fsp3) is 0.304. The third kappa shape index (κ3) is 3.40. The Hall–Kier alpha value is -3.08. The third-order valence-corrected chi connectivity index (χ3v) is 5.49. The first-order valence-electron chi connectivity index (χ1n) is 9.91. The van der Waals surface area contributed by atoms with Crippen LogP contribution in [-0.2, 0) is 37.1 Å². The number of hydrogen-bond donors (Lipinski definition) is 1. The van der Waals surface area contributed by atoms with Gasteiger partial charge < -0.3 is 14.6 Å². The summed E-state index contributed by atoms with van der Waals surface area (Å²) in [6, 6.07) is 14.3. The average molecular weight is 373 g/mol. The van der Waals surface area contributed by atoms with Crippen molar-refractivity contribution in [3.8, 4) is 17.0 Å². The molecular formula is C23H23N3O2. The molecule has 0 atom stereocenters. The summed E-state index contributed by atoms with van der Waals surface area (Å²) in [4.78, 5) is 17.1. The maximum Gasteiger partial charge on any atom is 0.224 e. The number of imidazole rings is 1. The van der Waals surface area contributed by atoms with Crippen LogP contribution in [0.4, 0.5) is 0 Å². The second kappa shape index (κ2) is 7.15. The van der Waals surface area contributed by atoms with Gasteiger partial charge in [0.1, 0.15) is 11.6 Å². The monoisotopic (exact) mass is 373 g/mol. The van der Waals surface area contributed by atoms with Crippen molar-refractivity contribution in [1.82, 2.24) is 14.9 Å². The van der Waals surface area contributed by atoms with Crippen molar-refractivity contribution in [2.75, 3.05) is 6.61 Å². The standard InChI is InChI=1S/C23H23N3O2/c27-23(13-16-6-7-21-19(11-16)8-10-28-21)24-14-17-3-1-4-18(12-17)20-15-26-9-2-5-22(26)25-20/h1,3-4,6-7,11-12,15H,2,5,8-10,13-14H2,(H,24,27). The lowest BCUT2D eigenvalue weighted by molar-refractivity contribution is -0.120. The fourth-order valence-corrected chi connectivity index (χ4v) is 4.03. The Labute approximate surface area is 164 Å². The van der Waals surface area contributed by atoms with Crippen LogP contribution in [0.25, 0.3) is 11.3 Å². The first-order valence-corrected chi connectivity index (χ1v) is 9.91. The number of nitrogens with zero attached hydrogens (tertiary/aromatic N) is 2. The highest BCUT2D eigenvalue weighted by molar-refractivity contribution is 5.78. The molecule has 28 heavy (non-hydrogen) atoms. The molecule has 0 saturated carbocycles. The van der Waals surface area contributed by atoms with Gasteiger partial charge in [0.05, 0.1) is 18.7 Å². The molecule has 0 radical (unpaired) electrons. The predicted molar refractivity (Wildman–Crippen MR) is 107 cm³/mol. The van der Waals surface area contributed by atoms with Gasteiger partial charge in [0.2, 0.25) is 5.91 Å². The molecule has 0 aliphatic carbocycles. The van der Waals surface area contributed by atoms with E-state index in [9.17, 15) is 4.79 Å². The Morgan fingerprint density at radius 2 is 2.11 bits per heavy atom. The van der Waals surface area contributed by atoms with Crippen molar-refractivity contribution in [3.05, 3.63) is 71.2 Å². The summed E-state index contributed by atoms with van der Waals surface area (Å²) in [5.74, 6) is 2.16. The van der Waals surface area contributed by atoms with Gasteiger partial charge in [0, 0.05) is 37.7 Å². The number of aryl methyl sites for hydroxylation is 2. The molecule has 1 N–H and O–H groups in total. The summed E-state index contributed by atoms with van der Waals surface area (Å²) in [5, 5.41) is 3.04. The Balaban J connectivity index is 1.22. The molecule has 5 nitrogen and oxygen atoms in total. The van der Waals surface area contributed by atoms with Gasteiger partial charge >= 0.3 is 0 Å². The molecule has 2 aliphatic heterocycles. The lowest BCUT2D eigenvalue weighted by Gasteiger charge is -2.08. The molecule has 1 aromatic heterocycles. The number of benzene rings is 2. The van der Waals surface area contributed by atoms with E-state index in [1.807, 2.05) is 24.3 Å². The van der Waals surface area contributed by atoms with E-state index >= 15 is 0 Å². The molecule has 5 rings (SSSR count). The van der Waals surface area contributed by atoms with Crippen molar-refractivity contribution in [2.45, 2.75) is 38.8 Å². The van der Waals surface area contributed by atoms with E-state index in [2.05, 4.69) is 34.3 Å². The number of aromatic nitrogens is 2. The van der Waals surface area contributed by atoms with Crippen LogP contribution in [0.1, 0.15) is 28.9 Å². The highest BCUT2D eigenvalue weighted by atomic mass is 16.5. The molecule has 3 aromatic rings. The van der Waals surface area contributed by atoms with Crippen molar-refractivity contribution in [2.24, 2.45) is 0 Å². The summed E-state index contributed by atoms with van der Waals surface area (Å²) in [6.45, 7) is 2.32. The molecule has 142 valence electrons. The Bertz CT molecular complexity index is 1020. The molecule has 0 spiro atoms. The quantitative estimate of drug-likeness (QED) is 0.747. The van der Waals surface area contributed by atoms with Crippen LogP contribution in [0, 0.1) is 0 Å². The maximum absolute atomic E-state index is 12.4. The highest BCUT2D eigenvalue weighted by Gasteiger charge is 2.15. The zero-order valence-corrected chi connectivity index (χ0v) is 15.8. The molecule has 3 heterocycles. The number of ether oxygens (including phenoxy) is 1. The molecular weight excluding hydrogens is 350 g/mol. The second-order valence-corrected chi connectivity index (χ2v) is 7.53. The van der Waals surface area contributed by atoms with Gasteiger partial charge in [0.15, 0.2) is 0 Å². The van der Waals surface area contributed by atoms with Crippen molar-refractivity contribution >= 4 is 5.91 Å². The highest BCUT2D eigenvalue weighted by Crippen LogP contribution is 2.26. The van der Waals surface area contributed by atoms with Gasteiger partial charge in [-0.1, -0.05) is 30.3 Å². The Morgan fingerprint density at radius 3 is 3.04 bits per heavy atom. The van der Waals surface area contributed by atoms with Gasteiger partial charge in [-0.3, -0.25) is 4.79 Å². The van der Waals surface area contributed by atoms with Crippen molar-refractivity contribution < 1.29 is 9.53 Å². The average Bonchev–Trinajstić information content (AvgIpc) is 3.42. The van der Waals surface area contributed by atoms with Gasteiger partial charge in [0.25, 0.3) is 0 Å². The van der Waals surface area contributed by atoms with Crippen LogP contribution in [0.5, 0.6) is 5.75 Å². The smallest absolute Gasteiger partial charge is 0.224 e. The fourth-order valence-electron chi connectivity index (χ4n) is 4.03. The van der Waals surface area contributed by atoms with Crippen LogP contribution < -0.4 is 10.1 Å². The van der Waals surface area contributed by atoms with E-state index in [-0.39, 0.29) is 5.91 Å². The predicted octanol–water partition coefficient (Wildman–Crippen LogP) is 3.29. The van der Waals surface area contributed by atoms with Crippen LogP contribution in [0.2, 0.25) is 0 Å². The number of amides is 1. The second-order valence-electron chi connectivity index (χ2n) is 7.53. The number of rotatable bonds is 5. The largest absolute Gasteiger partial charge is 0.493 e. The molecule has 0 saturated heterocycles. The SMILES string of the molecule is O=C(Cc1ccc2c(c1)CCO2)NCc1cccc(-c2cn3c(n2)CCC3)c1. The zero-order chi connectivity index (χ0) is 18.9. The van der Waals surface area contributed by atoms with E-state index in [0.29, 0.717) is 13.0 Å². The summed E-state index contributed by atoms with van der Waals surface area (Å²) in [7, 11) is 0. The number of carbonyl (C=O) groups excluding carboxylic acids is 1. The van der Waals surface area contributed by atoms with Crippen molar-refractivity contribution in [3.63, 3.8) is 0 Å². The molecule has 5 heteroatoms. The minimum atomic E-state index is 0.0326. The molecule has 1 amide bonds. The lowest BCUT2D eigenvalue weighted by atomic mass is 10.1. The molecule has 2 aromatic carbocycles. The van der Waals surface area contributed by atoms with Crippen molar-refractivity contribution in [1.29, 1.82) is 0 Å².